The predicted octanol–water partition coefficient (Wildman–Crippen LogP) is -0.528. The third-order valence-corrected chi connectivity index (χ3v) is 2.20. The van der Waals surface area contributed by atoms with Crippen LogP contribution in [0.3, 0.4) is 0 Å². The van der Waals surface area contributed by atoms with Crippen LogP contribution in [0.25, 0.3) is 0 Å². The van der Waals surface area contributed by atoms with E-state index < -0.39 is 12.2 Å². The zero-order valence-electron chi connectivity index (χ0n) is 8.51. The van der Waals surface area contributed by atoms with Crippen molar-refractivity contribution in [1.29, 1.82) is 0 Å². The topological polar surface area (TPSA) is 84.3 Å². The summed E-state index contributed by atoms with van der Waals surface area (Å²) in [6.07, 6.45) is 0.380. The molecule has 0 spiro atoms. The van der Waals surface area contributed by atoms with Crippen molar-refractivity contribution in [3.63, 3.8) is 0 Å². The number of nitrogens with two attached hydrogens (primary N) is 1. The average Bonchev–Trinajstić information content (AvgIpc) is 2.44. The molecule has 1 aromatic heterocycles. The molecule has 0 aliphatic heterocycles. The fourth-order valence-electron chi connectivity index (χ4n) is 1.44. The van der Waals surface area contributed by atoms with Crippen molar-refractivity contribution in [1.82, 2.24) is 9.78 Å². The van der Waals surface area contributed by atoms with Crippen LogP contribution in [0.5, 0.6) is 0 Å². The fraction of sp³-hybridized carbons (Fsp3) is 0.667. The summed E-state index contributed by atoms with van der Waals surface area (Å²) in [6, 6.07) is 0. The zero-order chi connectivity index (χ0) is 10.7. The predicted molar refractivity (Wildman–Crippen MR) is 52.6 cm³/mol. The summed E-state index contributed by atoms with van der Waals surface area (Å²) >= 11 is 0. The van der Waals surface area contributed by atoms with Gasteiger partial charge in [0.1, 0.15) is 6.10 Å². The normalized spacial score (nSPS) is 15.5. The Hall–Kier alpha value is -0.910. The maximum Gasteiger partial charge on any atom is 0.108 e. The highest BCUT2D eigenvalue weighted by atomic mass is 16.3. The molecule has 0 saturated heterocycles. The van der Waals surface area contributed by atoms with Gasteiger partial charge in [-0.2, -0.15) is 5.10 Å². The molecule has 1 rings (SSSR count). The first-order valence-corrected chi connectivity index (χ1v) is 4.62. The summed E-state index contributed by atoms with van der Waals surface area (Å²) in [4.78, 5) is 0. The minimum atomic E-state index is -0.896. The van der Waals surface area contributed by atoms with Gasteiger partial charge in [-0.15, -0.1) is 0 Å². The van der Waals surface area contributed by atoms with Crippen LogP contribution in [-0.4, -0.2) is 32.6 Å². The van der Waals surface area contributed by atoms with Gasteiger partial charge < -0.3 is 15.9 Å². The van der Waals surface area contributed by atoms with Gasteiger partial charge in [-0.05, 0) is 19.9 Å². The highest BCUT2D eigenvalue weighted by Crippen LogP contribution is 2.20. The highest BCUT2D eigenvalue weighted by molar-refractivity contribution is 5.19. The molecule has 2 unspecified atom stereocenters. The summed E-state index contributed by atoms with van der Waals surface area (Å²) in [5.74, 6) is 0. The van der Waals surface area contributed by atoms with Gasteiger partial charge in [0, 0.05) is 18.8 Å². The first-order chi connectivity index (χ1) is 6.56. The van der Waals surface area contributed by atoms with Gasteiger partial charge in [0.15, 0.2) is 0 Å². The maximum absolute atomic E-state index is 9.76. The molecule has 5 heteroatoms. The average molecular weight is 199 g/mol. The highest BCUT2D eigenvalue weighted by Gasteiger charge is 2.21. The van der Waals surface area contributed by atoms with Gasteiger partial charge in [0.2, 0.25) is 0 Å². The number of aromatic nitrogens is 2. The number of rotatable bonds is 4. The van der Waals surface area contributed by atoms with Crippen LogP contribution < -0.4 is 5.73 Å². The third kappa shape index (κ3) is 2.31. The van der Waals surface area contributed by atoms with Gasteiger partial charge in [0.25, 0.3) is 0 Å². The van der Waals surface area contributed by atoms with Gasteiger partial charge in [-0.25, -0.2) is 0 Å². The van der Waals surface area contributed by atoms with E-state index in [1.807, 2.05) is 0 Å². The third-order valence-electron chi connectivity index (χ3n) is 2.20. The standard InChI is InChI=1S/C9H17N3O2/c1-6-7(5-12(2)11-6)9(14)8(13)3-4-10/h5,8-9,13-14H,3-4,10H2,1-2H3. The molecule has 2 atom stereocenters. The van der Waals surface area contributed by atoms with Gasteiger partial charge in [0.05, 0.1) is 11.8 Å². The van der Waals surface area contributed by atoms with Crippen molar-refractivity contribution >= 4 is 0 Å². The molecule has 0 aliphatic carbocycles. The molecule has 0 aliphatic rings. The molecular weight excluding hydrogens is 182 g/mol. The smallest absolute Gasteiger partial charge is 0.108 e. The Balaban J connectivity index is 2.77. The van der Waals surface area contributed by atoms with E-state index in [9.17, 15) is 10.2 Å². The Morgan fingerprint density at radius 3 is 2.64 bits per heavy atom. The number of hydrogen-bond acceptors (Lipinski definition) is 4. The Bertz CT molecular complexity index is 298. The summed E-state index contributed by atoms with van der Waals surface area (Å²) in [5, 5.41) is 23.4. The van der Waals surface area contributed by atoms with E-state index in [1.54, 1.807) is 24.9 Å². The maximum atomic E-state index is 9.76. The lowest BCUT2D eigenvalue weighted by atomic mass is 10.0. The number of hydrogen-bond donors (Lipinski definition) is 3. The number of aliphatic hydroxyl groups excluding tert-OH is 2. The quantitative estimate of drug-likeness (QED) is 0.608. The molecule has 0 amide bonds. The van der Waals surface area contributed by atoms with Crippen LogP contribution in [0, 0.1) is 6.92 Å². The summed E-state index contributed by atoms with van der Waals surface area (Å²) in [6.45, 7) is 2.16. The molecule has 14 heavy (non-hydrogen) atoms. The SMILES string of the molecule is Cc1nn(C)cc1C(O)C(O)CCN. The molecule has 0 radical (unpaired) electrons. The van der Waals surface area contributed by atoms with Crippen molar-refractivity contribution in [3.05, 3.63) is 17.5 Å². The summed E-state index contributed by atoms with van der Waals surface area (Å²) in [5.41, 5.74) is 6.69. The second-order valence-electron chi connectivity index (χ2n) is 3.43. The molecule has 0 bridgehead atoms. The van der Waals surface area contributed by atoms with Crippen LogP contribution in [0.15, 0.2) is 6.20 Å². The first kappa shape index (κ1) is 11.2. The van der Waals surface area contributed by atoms with Crippen LogP contribution in [-0.2, 0) is 7.05 Å². The number of aliphatic hydroxyl groups is 2. The molecule has 1 aromatic rings. The lowest BCUT2D eigenvalue weighted by Gasteiger charge is -2.16. The molecule has 80 valence electrons. The fourth-order valence-corrected chi connectivity index (χ4v) is 1.44. The van der Waals surface area contributed by atoms with E-state index in [0.717, 1.165) is 5.69 Å². The van der Waals surface area contributed by atoms with Gasteiger partial charge >= 0.3 is 0 Å². The molecule has 0 fully saturated rings. The van der Waals surface area contributed by atoms with E-state index in [1.165, 1.54) is 0 Å². The van der Waals surface area contributed by atoms with Crippen LogP contribution >= 0.6 is 0 Å². The van der Waals surface area contributed by atoms with Crippen molar-refractivity contribution in [2.45, 2.75) is 25.6 Å². The second kappa shape index (κ2) is 4.54. The zero-order valence-corrected chi connectivity index (χ0v) is 8.51. The summed E-state index contributed by atoms with van der Waals surface area (Å²) in [7, 11) is 1.78. The summed E-state index contributed by atoms with van der Waals surface area (Å²) < 4.78 is 1.61. The van der Waals surface area contributed by atoms with Crippen molar-refractivity contribution in [2.75, 3.05) is 6.54 Å². The van der Waals surface area contributed by atoms with E-state index >= 15 is 0 Å². The van der Waals surface area contributed by atoms with E-state index in [-0.39, 0.29) is 0 Å². The van der Waals surface area contributed by atoms with Crippen LogP contribution in [0.1, 0.15) is 23.8 Å². The van der Waals surface area contributed by atoms with Crippen LogP contribution in [0.4, 0.5) is 0 Å². The van der Waals surface area contributed by atoms with Gasteiger partial charge in [-0.1, -0.05) is 0 Å². The lowest BCUT2D eigenvalue weighted by Crippen LogP contribution is -2.22. The monoisotopic (exact) mass is 199 g/mol. The van der Waals surface area contributed by atoms with E-state index in [2.05, 4.69) is 5.10 Å². The first-order valence-electron chi connectivity index (χ1n) is 4.62. The Morgan fingerprint density at radius 2 is 2.21 bits per heavy atom. The molecule has 4 N–H and O–H groups in total. The van der Waals surface area contributed by atoms with E-state index in [0.29, 0.717) is 18.5 Å². The minimum Gasteiger partial charge on any atom is -0.390 e. The van der Waals surface area contributed by atoms with E-state index in [4.69, 9.17) is 5.73 Å². The number of nitrogens with zero attached hydrogens (tertiary/aromatic N) is 2. The Labute approximate surface area is 83.2 Å². The van der Waals surface area contributed by atoms with Crippen molar-refractivity contribution < 1.29 is 10.2 Å². The number of aryl methyl sites for hydroxylation is 2. The molecule has 1 heterocycles. The van der Waals surface area contributed by atoms with Crippen molar-refractivity contribution in [2.24, 2.45) is 12.8 Å². The largest absolute Gasteiger partial charge is 0.390 e. The molecular formula is C9H17N3O2. The molecule has 5 nitrogen and oxygen atoms in total. The Morgan fingerprint density at radius 1 is 1.57 bits per heavy atom. The molecule has 0 aromatic carbocycles. The van der Waals surface area contributed by atoms with Crippen LogP contribution in [0.2, 0.25) is 0 Å². The van der Waals surface area contributed by atoms with Crippen molar-refractivity contribution in [3.8, 4) is 0 Å². The lowest BCUT2D eigenvalue weighted by molar-refractivity contribution is 0.0146. The Kier molecular flexibility index (Phi) is 3.62. The molecule has 0 saturated carbocycles. The van der Waals surface area contributed by atoms with Gasteiger partial charge in [-0.3, -0.25) is 4.68 Å². The second-order valence-corrected chi connectivity index (χ2v) is 3.43. The minimum absolute atomic E-state index is 0.359.